The van der Waals surface area contributed by atoms with Crippen LogP contribution in [0.3, 0.4) is 0 Å². The fourth-order valence-electron chi connectivity index (χ4n) is 3.65. The molecule has 0 radical (unpaired) electrons. The summed E-state index contributed by atoms with van der Waals surface area (Å²) >= 11 is 0. The van der Waals surface area contributed by atoms with Gasteiger partial charge in [-0.2, -0.15) is 9.29 Å². The Hall–Kier alpha value is -1.73. The number of aromatic nitrogens is 2. The van der Waals surface area contributed by atoms with Gasteiger partial charge in [0.25, 0.3) is 0 Å². The number of benzene rings is 1. The lowest BCUT2D eigenvalue weighted by atomic mass is 9.99. The van der Waals surface area contributed by atoms with E-state index < -0.39 is 10.0 Å². The SMILES string of the molecule is CCc1nc(C2CCCN(S(=O)(=O)c3c(C)c(C)cc(C)c3C)C2)no1. The molecule has 0 spiro atoms. The minimum absolute atomic E-state index is 0.0194. The zero-order valence-corrected chi connectivity index (χ0v) is 17.0. The first kappa shape index (κ1) is 19.0. The summed E-state index contributed by atoms with van der Waals surface area (Å²) in [7, 11) is -3.56. The molecule has 142 valence electrons. The Bertz CT molecular complexity index is 892. The van der Waals surface area contributed by atoms with Gasteiger partial charge in [-0.25, -0.2) is 8.42 Å². The first-order chi connectivity index (χ1) is 12.3. The number of hydrogen-bond acceptors (Lipinski definition) is 5. The van der Waals surface area contributed by atoms with E-state index in [0.29, 0.717) is 36.1 Å². The lowest BCUT2D eigenvalue weighted by molar-refractivity contribution is 0.300. The maximum atomic E-state index is 13.4. The van der Waals surface area contributed by atoms with Crippen LogP contribution in [-0.2, 0) is 16.4 Å². The molecule has 0 saturated carbocycles. The van der Waals surface area contributed by atoms with E-state index in [1.54, 1.807) is 4.31 Å². The van der Waals surface area contributed by atoms with Crippen LogP contribution in [0.4, 0.5) is 0 Å². The van der Waals surface area contributed by atoms with Gasteiger partial charge in [0, 0.05) is 25.4 Å². The van der Waals surface area contributed by atoms with E-state index in [-0.39, 0.29) is 5.92 Å². The van der Waals surface area contributed by atoms with Crippen molar-refractivity contribution in [1.29, 1.82) is 0 Å². The van der Waals surface area contributed by atoms with Gasteiger partial charge in [0.2, 0.25) is 15.9 Å². The van der Waals surface area contributed by atoms with Crippen LogP contribution in [0.1, 0.15) is 59.7 Å². The molecule has 1 atom stereocenters. The summed E-state index contributed by atoms with van der Waals surface area (Å²) in [6.07, 6.45) is 2.35. The quantitative estimate of drug-likeness (QED) is 0.816. The molecule has 1 aromatic carbocycles. The lowest BCUT2D eigenvalue weighted by Crippen LogP contribution is -2.40. The molecule has 3 rings (SSSR count). The molecular weight excluding hydrogens is 350 g/mol. The molecule has 1 aliphatic heterocycles. The Morgan fingerprint density at radius 1 is 1.19 bits per heavy atom. The van der Waals surface area contributed by atoms with Crippen molar-refractivity contribution in [2.45, 2.75) is 64.7 Å². The molecule has 1 fully saturated rings. The average Bonchev–Trinajstić information content (AvgIpc) is 3.09. The van der Waals surface area contributed by atoms with E-state index in [4.69, 9.17) is 4.52 Å². The van der Waals surface area contributed by atoms with Gasteiger partial charge in [0.05, 0.1) is 4.90 Å². The highest BCUT2D eigenvalue weighted by atomic mass is 32.2. The van der Waals surface area contributed by atoms with Gasteiger partial charge in [-0.3, -0.25) is 0 Å². The van der Waals surface area contributed by atoms with Crippen LogP contribution in [0.5, 0.6) is 0 Å². The zero-order chi connectivity index (χ0) is 19.1. The molecule has 0 bridgehead atoms. The van der Waals surface area contributed by atoms with E-state index in [1.165, 1.54) is 0 Å². The lowest BCUT2D eigenvalue weighted by Gasteiger charge is -2.31. The third kappa shape index (κ3) is 3.30. The molecule has 0 aliphatic carbocycles. The topological polar surface area (TPSA) is 76.3 Å². The van der Waals surface area contributed by atoms with Crippen LogP contribution in [-0.4, -0.2) is 36.0 Å². The highest BCUT2D eigenvalue weighted by Gasteiger charge is 2.35. The number of nitrogens with zero attached hydrogens (tertiary/aromatic N) is 3. The number of aryl methyl sites for hydroxylation is 3. The standard InChI is InChI=1S/C19H27N3O3S/c1-6-17-20-19(21-25-17)16-8-7-9-22(11-16)26(23,24)18-14(4)12(2)10-13(3)15(18)5/h10,16H,6-9,11H2,1-5H3. The molecule has 2 heterocycles. The summed E-state index contributed by atoms with van der Waals surface area (Å²) in [5.41, 5.74) is 3.68. The van der Waals surface area contributed by atoms with Gasteiger partial charge in [0.15, 0.2) is 5.82 Å². The second kappa shape index (κ2) is 7.12. The van der Waals surface area contributed by atoms with Crippen molar-refractivity contribution >= 4 is 10.0 Å². The van der Waals surface area contributed by atoms with Crippen LogP contribution < -0.4 is 0 Å². The molecule has 2 aromatic rings. The first-order valence-electron chi connectivity index (χ1n) is 9.15. The highest BCUT2D eigenvalue weighted by molar-refractivity contribution is 7.89. The van der Waals surface area contributed by atoms with Crippen molar-refractivity contribution in [1.82, 2.24) is 14.4 Å². The van der Waals surface area contributed by atoms with Crippen LogP contribution in [0, 0.1) is 27.7 Å². The van der Waals surface area contributed by atoms with Crippen molar-refractivity contribution in [3.05, 3.63) is 40.0 Å². The number of rotatable bonds is 4. The zero-order valence-electron chi connectivity index (χ0n) is 16.2. The third-order valence-electron chi connectivity index (χ3n) is 5.43. The Kier molecular flexibility index (Phi) is 5.21. The highest BCUT2D eigenvalue weighted by Crippen LogP contribution is 2.33. The smallest absolute Gasteiger partial charge is 0.243 e. The Morgan fingerprint density at radius 2 is 1.85 bits per heavy atom. The molecule has 6 nitrogen and oxygen atoms in total. The summed E-state index contributed by atoms with van der Waals surface area (Å²) < 4.78 is 33.7. The Labute approximate surface area is 155 Å². The Morgan fingerprint density at radius 3 is 2.42 bits per heavy atom. The summed E-state index contributed by atoms with van der Waals surface area (Å²) in [5, 5.41) is 4.06. The number of piperidine rings is 1. The second-order valence-electron chi connectivity index (χ2n) is 7.19. The maximum Gasteiger partial charge on any atom is 0.243 e. The summed E-state index contributed by atoms with van der Waals surface area (Å²) in [4.78, 5) is 4.86. The van der Waals surface area contributed by atoms with Gasteiger partial charge in [-0.05, 0) is 62.8 Å². The fraction of sp³-hybridized carbons (Fsp3) is 0.579. The molecule has 0 amide bonds. The molecule has 26 heavy (non-hydrogen) atoms. The van der Waals surface area contributed by atoms with Crippen LogP contribution in [0.2, 0.25) is 0 Å². The summed E-state index contributed by atoms with van der Waals surface area (Å²) in [5.74, 6) is 1.20. The van der Waals surface area contributed by atoms with Crippen molar-refractivity contribution in [2.75, 3.05) is 13.1 Å². The largest absolute Gasteiger partial charge is 0.339 e. The third-order valence-corrected chi connectivity index (χ3v) is 7.57. The van der Waals surface area contributed by atoms with Crippen LogP contribution in [0.25, 0.3) is 0 Å². The number of hydrogen-bond donors (Lipinski definition) is 0. The molecule has 1 saturated heterocycles. The van der Waals surface area contributed by atoms with Crippen molar-refractivity contribution in [2.24, 2.45) is 0 Å². The monoisotopic (exact) mass is 377 g/mol. The predicted molar refractivity (Wildman–Crippen MR) is 99.8 cm³/mol. The summed E-state index contributed by atoms with van der Waals surface area (Å²) in [6.45, 7) is 10.6. The average molecular weight is 378 g/mol. The molecule has 1 unspecified atom stereocenters. The predicted octanol–water partition coefficient (Wildman–Crippen LogP) is 3.43. The van der Waals surface area contributed by atoms with Crippen molar-refractivity contribution < 1.29 is 12.9 Å². The Balaban J connectivity index is 1.95. The second-order valence-corrected chi connectivity index (χ2v) is 9.07. The molecular formula is C19H27N3O3S. The molecule has 1 aliphatic rings. The van der Waals surface area contributed by atoms with Gasteiger partial charge >= 0.3 is 0 Å². The fourth-order valence-corrected chi connectivity index (χ4v) is 5.75. The van der Waals surface area contributed by atoms with Gasteiger partial charge in [0.1, 0.15) is 0 Å². The van der Waals surface area contributed by atoms with Gasteiger partial charge < -0.3 is 4.52 Å². The van der Waals surface area contributed by atoms with E-state index >= 15 is 0 Å². The van der Waals surface area contributed by atoms with Crippen LogP contribution >= 0.6 is 0 Å². The van der Waals surface area contributed by atoms with Crippen molar-refractivity contribution in [3.63, 3.8) is 0 Å². The summed E-state index contributed by atoms with van der Waals surface area (Å²) in [6, 6.07) is 2.05. The van der Waals surface area contributed by atoms with Crippen molar-refractivity contribution in [3.8, 4) is 0 Å². The number of sulfonamides is 1. The minimum atomic E-state index is -3.56. The van der Waals surface area contributed by atoms with Gasteiger partial charge in [-0.1, -0.05) is 18.1 Å². The van der Waals surface area contributed by atoms with E-state index in [9.17, 15) is 8.42 Å². The van der Waals surface area contributed by atoms with Crippen LogP contribution in [0.15, 0.2) is 15.5 Å². The maximum absolute atomic E-state index is 13.4. The van der Waals surface area contributed by atoms with E-state index in [2.05, 4.69) is 10.1 Å². The first-order valence-corrected chi connectivity index (χ1v) is 10.6. The molecule has 7 heteroatoms. The minimum Gasteiger partial charge on any atom is -0.339 e. The molecule has 0 N–H and O–H groups in total. The van der Waals surface area contributed by atoms with E-state index in [0.717, 1.165) is 35.1 Å². The molecule has 1 aromatic heterocycles. The van der Waals surface area contributed by atoms with Gasteiger partial charge in [-0.15, -0.1) is 0 Å². The normalized spacial score (nSPS) is 19.0. The van der Waals surface area contributed by atoms with E-state index in [1.807, 2.05) is 40.7 Å².